The number of hydrogen-bond donors (Lipinski definition) is 2. The number of hydrogen-bond acceptors (Lipinski definition) is 3. The molecule has 3 aromatic rings. The Balaban J connectivity index is 1.20. The van der Waals surface area contributed by atoms with Gasteiger partial charge in [0, 0.05) is 42.3 Å². The molecule has 4 rings (SSSR count). The van der Waals surface area contributed by atoms with Crippen molar-refractivity contribution in [2.45, 2.75) is 38.3 Å². The number of carbonyl (C=O) groups excluding carboxylic acids is 1. The molecule has 0 atom stereocenters. The van der Waals surface area contributed by atoms with E-state index in [-0.39, 0.29) is 5.91 Å². The molecule has 1 aliphatic heterocycles. The second kappa shape index (κ2) is 9.03. The number of halogens is 1. The highest BCUT2D eigenvalue weighted by Gasteiger charge is 2.23. The number of likely N-dealkylation sites (tertiary alicyclic amines) is 1. The van der Waals surface area contributed by atoms with Crippen LogP contribution in [0.5, 0.6) is 0 Å². The SMILES string of the molecule is O=C(CCc1nc2ccccc2s1)NC1CC[NH+](Cc2ccc(Cl)cc2)CC1. The van der Waals surface area contributed by atoms with Gasteiger partial charge in [0.05, 0.1) is 28.3 Å². The zero-order valence-corrected chi connectivity index (χ0v) is 17.4. The lowest BCUT2D eigenvalue weighted by Gasteiger charge is -2.29. The normalized spacial score (nSPS) is 19.6. The zero-order valence-electron chi connectivity index (χ0n) is 15.8. The molecule has 0 aliphatic carbocycles. The van der Waals surface area contributed by atoms with Crippen LogP contribution in [0.4, 0.5) is 0 Å². The van der Waals surface area contributed by atoms with E-state index in [1.165, 1.54) is 10.3 Å². The number of amides is 1. The van der Waals surface area contributed by atoms with Gasteiger partial charge < -0.3 is 10.2 Å². The molecule has 6 heteroatoms. The van der Waals surface area contributed by atoms with Crippen molar-refractivity contribution >= 4 is 39.1 Å². The number of carbonyl (C=O) groups is 1. The first-order chi connectivity index (χ1) is 13.7. The molecule has 0 radical (unpaired) electrons. The van der Waals surface area contributed by atoms with Gasteiger partial charge in [0.2, 0.25) is 5.91 Å². The van der Waals surface area contributed by atoms with Crippen LogP contribution in [0.15, 0.2) is 48.5 Å². The lowest BCUT2D eigenvalue weighted by atomic mass is 10.0. The molecule has 1 aromatic heterocycles. The number of aromatic nitrogens is 1. The molecule has 2 heterocycles. The van der Waals surface area contributed by atoms with Gasteiger partial charge in [0.15, 0.2) is 0 Å². The standard InChI is InChI=1S/C22H24ClN3OS/c23-17-7-5-16(6-8-17)15-26-13-11-18(12-14-26)24-21(27)9-10-22-25-19-3-1-2-4-20(19)28-22/h1-8,18H,9-15H2,(H,24,27)/p+1. The van der Waals surface area contributed by atoms with E-state index in [4.69, 9.17) is 11.6 Å². The summed E-state index contributed by atoms with van der Waals surface area (Å²) in [5, 5.41) is 5.05. The third-order valence-electron chi connectivity index (χ3n) is 5.33. The molecule has 1 aliphatic rings. The molecule has 0 spiro atoms. The van der Waals surface area contributed by atoms with Crippen LogP contribution < -0.4 is 10.2 Å². The fourth-order valence-corrected chi connectivity index (χ4v) is 4.88. The van der Waals surface area contributed by atoms with Crippen molar-refractivity contribution in [3.63, 3.8) is 0 Å². The number of fused-ring (bicyclic) bond motifs is 1. The van der Waals surface area contributed by atoms with Gasteiger partial charge in [0.25, 0.3) is 0 Å². The lowest BCUT2D eigenvalue weighted by molar-refractivity contribution is -0.918. The molecule has 0 unspecified atom stereocenters. The van der Waals surface area contributed by atoms with E-state index in [0.717, 1.165) is 48.0 Å². The van der Waals surface area contributed by atoms with Crippen LogP contribution in [0.3, 0.4) is 0 Å². The predicted molar refractivity (Wildman–Crippen MR) is 115 cm³/mol. The van der Waals surface area contributed by atoms with E-state index in [0.29, 0.717) is 18.9 Å². The topological polar surface area (TPSA) is 46.4 Å². The van der Waals surface area contributed by atoms with E-state index < -0.39 is 0 Å². The summed E-state index contributed by atoms with van der Waals surface area (Å²) in [6.07, 6.45) is 3.30. The van der Waals surface area contributed by atoms with Gasteiger partial charge in [-0.25, -0.2) is 4.98 Å². The quantitative estimate of drug-likeness (QED) is 0.650. The van der Waals surface area contributed by atoms with Gasteiger partial charge in [-0.05, 0) is 24.3 Å². The number of nitrogens with one attached hydrogen (secondary N) is 2. The highest BCUT2D eigenvalue weighted by molar-refractivity contribution is 7.18. The van der Waals surface area contributed by atoms with Crippen LogP contribution >= 0.6 is 22.9 Å². The summed E-state index contributed by atoms with van der Waals surface area (Å²) in [4.78, 5) is 18.5. The fraction of sp³-hybridized carbons (Fsp3) is 0.364. The zero-order chi connectivity index (χ0) is 19.3. The lowest BCUT2D eigenvalue weighted by Crippen LogP contribution is -3.12. The largest absolute Gasteiger partial charge is 0.353 e. The van der Waals surface area contributed by atoms with Crippen molar-refractivity contribution in [3.05, 3.63) is 64.1 Å². The number of piperidine rings is 1. The molecule has 28 heavy (non-hydrogen) atoms. The van der Waals surface area contributed by atoms with Gasteiger partial charge in [-0.1, -0.05) is 35.9 Å². The Kier molecular flexibility index (Phi) is 6.25. The van der Waals surface area contributed by atoms with E-state index in [2.05, 4.69) is 28.5 Å². The maximum absolute atomic E-state index is 12.4. The van der Waals surface area contributed by atoms with E-state index in [9.17, 15) is 4.79 Å². The second-order valence-corrected chi connectivity index (χ2v) is 9.02. The molecule has 4 nitrogen and oxygen atoms in total. The molecule has 2 N–H and O–H groups in total. The summed E-state index contributed by atoms with van der Waals surface area (Å²) in [5.41, 5.74) is 2.34. The van der Waals surface area contributed by atoms with E-state index >= 15 is 0 Å². The van der Waals surface area contributed by atoms with Crippen LogP contribution in [0.25, 0.3) is 10.2 Å². The number of nitrogens with zero attached hydrogens (tertiary/aromatic N) is 1. The fourth-order valence-electron chi connectivity index (χ4n) is 3.79. The average Bonchev–Trinajstić information content (AvgIpc) is 3.13. The molecule has 1 saturated heterocycles. The van der Waals surface area contributed by atoms with Gasteiger partial charge >= 0.3 is 0 Å². The first kappa shape index (κ1) is 19.4. The minimum Gasteiger partial charge on any atom is -0.353 e. The van der Waals surface area contributed by atoms with Gasteiger partial charge in [-0.15, -0.1) is 11.3 Å². The minimum atomic E-state index is 0.144. The number of rotatable bonds is 6. The van der Waals surface area contributed by atoms with Crippen LogP contribution in [-0.4, -0.2) is 30.0 Å². The van der Waals surface area contributed by atoms with E-state index in [1.807, 2.05) is 30.3 Å². The Labute approximate surface area is 174 Å². The molecule has 2 aromatic carbocycles. The predicted octanol–water partition coefficient (Wildman–Crippen LogP) is 3.25. The highest BCUT2D eigenvalue weighted by atomic mass is 35.5. The molecule has 0 bridgehead atoms. The molecular formula is C22H25ClN3OS+. The molecule has 0 saturated carbocycles. The maximum Gasteiger partial charge on any atom is 0.220 e. The molecular weight excluding hydrogens is 390 g/mol. The van der Waals surface area contributed by atoms with Crippen molar-refractivity contribution in [2.75, 3.05) is 13.1 Å². The minimum absolute atomic E-state index is 0.144. The Morgan fingerprint density at radius 2 is 1.89 bits per heavy atom. The monoisotopic (exact) mass is 414 g/mol. The van der Waals surface area contributed by atoms with Crippen LogP contribution in [0.1, 0.15) is 29.8 Å². The average molecular weight is 415 g/mol. The highest BCUT2D eigenvalue weighted by Crippen LogP contribution is 2.22. The van der Waals surface area contributed by atoms with Crippen molar-refractivity contribution in [2.24, 2.45) is 0 Å². The summed E-state index contributed by atoms with van der Waals surface area (Å²) in [7, 11) is 0. The van der Waals surface area contributed by atoms with Crippen LogP contribution in [0, 0.1) is 0 Å². The van der Waals surface area contributed by atoms with Crippen LogP contribution in [-0.2, 0) is 17.8 Å². The Morgan fingerprint density at radius 1 is 1.14 bits per heavy atom. The Morgan fingerprint density at radius 3 is 2.64 bits per heavy atom. The summed E-state index contributed by atoms with van der Waals surface area (Å²) < 4.78 is 1.19. The number of aryl methyl sites for hydroxylation is 1. The number of thiazole rings is 1. The molecule has 146 valence electrons. The first-order valence-corrected chi connectivity index (χ1v) is 11.1. The second-order valence-electron chi connectivity index (χ2n) is 7.47. The van der Waals surface area contributed by atoms with Gasteiger partial charge in [-0.3, -0.25) is 4.79 Å². The van der Waals surface area contributed by atoms with Crippen molar-refractivity contribution < 1.29 is 9.69 Å². The smallest absolute Gasteiger partial charge is 0.220 e. The summed E-state index contributed by atoms with van der Waals surface area (Å²) in [6.45, 7) is 3.20. The summed E-state index contributed by atoms with van der Waals surface area (Å²) in [5.74, 6) is 0.144. The summed E-state index contributed by atoms with van der Waals surface area (Å²) >= 11 is 7.64. The maximum atomic E-state index is 12.4. The van der Waals surface area contributed by atoms with Crippen molar-refractivity contribution in [1.82, 2.24) is 10.3 Å². The van der Waals surface area contributed by atoms with Gasteiger partial charge in [-0.2, -0.15) is 0 Å². The Bertz CT molecular complexity index is 899. The number of quaternary nitrogens is 1. The number of benzene rings is 2. The van der Waals surface area contributed by atoms with Gasteiger partial charge in [0.1, 0.15) is 6.54 Å². The third kappa shape index (κ3) is 5.10. The van der Waals surface area contributed by atoms with Crippen LogP contribution in [0.2, 0.25) is 5.02 Å². The van der Waals surface area contributed by atoms with E-state index in [1.54, 1.807) is 16.2 Å². The molecule has 1 fully saturated rings. The van der Waals surface area contributed by atoms with Crippen molar-refractivity contribution in [1.29, 1.82) is 0 Å². The Hall–Kier alpha value is -1.95. The first-order valence-electron chi connectivity index (χ1n) is 9.87. The summed E-state index contributed by atoms with van der Waals surface area (Å²) in [6, 6.07) is 16.5. The number of para-hydroxylation sites is 1. The molecule has 1 amide bonds. The third-order valence-corrected chi connectivity index (χ3v) is 6.68. The van der Waals surface area contributed by atoms with Crippen molar-refractivity contribution in [3.8, 4) is 0 Å².